The van der Waals surface area contributed by atoms with Gasteiger partial charge in [0.05, 0.1) is 10.9 Å². The van der Waals surface area contributed by atoms with Crippen LogP contribution in [0.2, 0.25) is 0 Å². The third-order valence-electron chi connectivity index (χ3n) is 3.61. The summed E-state index contributed by atoms with van der Waals surface area (Å²) in [6, 6.07) is 15.9. The van der Waals surface area contributed by atoms with Crippen LogP contribution in [0, 0.1) is 6.92 Å². The average molecular weight is 327 g/mol. The number of hydrogen-bond donors (Lipinski definition) is 0. The van der Waals surface area contributed by atoms with Crippen molar-refractivity contribution in [3.05, 3.63) is 91.0 Å². The predicted molar refractivity (Wildman–Crippen MR) is 94.6 cm³/mol. The van der Waals surface area contributed by atoms with E-state index in [1.165, 1.54) is 4.31 Å². The van der Waals surface area contributed by atoms with Gasteiger partial charge in [-0.1, -0.05) is 60.2 Å². The predicted octanol–water partition coefficient (Wildman–Crippen LogP) is 4.10. The molecule has 2 rings (SSSR count). The van der Waals surface area contributed by atoms with Crippen LogP contribution in [0.15, 0.2) is 84.8 Å². The lowest BCUT2D eigenvalue weighted by molar-refractivity contribution is 0.398. The van der Waals surface area contributed by atoms with Crippen LogP contribution in [-0.2, 0) is 10.0 Å². The Hall–Kier alpha value is -2.17. The third kappa shape index (κ3) is 3.78. The van der Waals surface area contributed by atoms with Crippen molar-refractivity contribution < 1.29 is 8.42 Å². The van der Waals surface area contributed by atoms with Crippen LogP contribution in [0.1, 0.15) is 17.2 Å². The smallest absolute Gasteiger partial charge is 0.207 e. The Bertz CT molecular complexity index is 765. The molecule has 0 N–H and O–H groups in total. The Labute approximate surface area is 138 Å². The number of rotatable bonds is 7. The summed E-state index contributed by atoms with van der Waals surface area (Å²) < 4.78 is 27.5. The van der Waals surface area contributed by atoms with Gasteiger partial charge in [0.1, 0.15) is 0 Å². The van der Waals surface area contributed by atoms with Gasteiger partial charge in [0.15, 0.2) is 0 Å². The van der Waals surface area contributed by atoms with E-state index in [2.05, 4.69) is 13.2 Å². The maximum absolute atomic E-state index is 13.0. The molecule has 1 atom stereocenters. The molecule has 0 amide bonds. The van der Waals surface area contributed by atoms with Crippen molar-refractivity contribution in [1.29, 1.82) is 0 Å². The summed E-state index contributed by atoms with van der Waals surface area (Å²) in [5.74, 6) is 0. The van der Waals surface area contributed by atoms with Gasteiger partial charge in [-0.3, -0.25) is 0 Å². The van der Waals surface area contributed by atoms with Gasteiger partial charge in [-0.05, 0) is 24.6 Å². The summed E-state index contributed by atoms with van der Waals surface area (Å²) >= 11 is 0. The number of nitrogens with zero attached hydrogens (tertiary/aromatic N) is 1. The summed E-state index contributed by atoms with van der Waals surface area (Å²) in [6.45, 7) is 9.65. The molecular formula is C19H21NO2S. The quantitative estimate of drug-likeness (QED) is 0.718. The Balaban J connectivity index is 2.49. The summed E-state index contributed by atoms with van der Waals surface area (Å²) in [4.78, 5) is 0.271. The van der Waals surface area contributed by atoms with Crippen LogP contribution >= 0.6 is 0 Å². The van der Waals surface area contributed by atoms with E-state index >= 15 is 0 Å². The van der Waals surface area contributed by atoms with Gasteiger partial charge < -0.3 is 0 Å². The Kier molecular flexibility index (Phi) is 5.53. The second-order valence-electron chi connectivity index (χ2n) is 5.27. The Morgan fingerprint density at radius 2 is 1.65 bits per heavy atom. The number of benzene rings is 2. The normalized spacial score (nSPS) is 12.8. The lowest BCUT2D eigenvalue weighted by Crippen LogP contribution is -2.34. The molecule has 23 heavy (non-hydrogen) atoms. The van der Waals surface area contributed by atoms with E-state index < -0.39 is 16.1 Å². The maximum atomic E-state index is 13.0. The summed E-state index contributed by atoms with van der Waals surface area (Å²) in [5.41, 5.74) is 1.89. The molecule has 0 saturated heterocycles. The molecule has 0 aliphatic carbocycles. The molecule has 0 saturated carbocycles. The second-order valence-corrected chi connectivity index (χ2v) is 7.16. The van der Waals surface area contributed by atoms with Gasteiger partial charge >= 0.3 is 0 Å². The molecule has 0 spiro atoms. The minimum absolute atomic E-state index is 0.210. The van der Waals surface area contributed by atoms with E-state index in [1.54, 1.807) is 36.4 Å². The minimum atomic E-state index is -3.65. The highest BCUT2D eigenvalue weighted by Crippen LogP contribution is 2.28. The Morgan fingerprint density at radius 1 is 1.04 bits per heavy atom. The summed E-state index contributed by atoms with van der Waals surface area (Å²) in [6.07, 6.45) is 3.23. The molecule has 1 unspecified atom stereocenters. The van der Waals surface area contributed by atoms with E-state index in [0.29, 0.717) is 0 Å². The van der Waals surface area contributed by atoms with Crippen LogP contribution in [0.5, 0.6) is 0 Å². The van der Waals surface area contributed by atoms with Gasteiger partial charge in [0.25, 0.3) is 0 Å². The summed E-state index contributed by atoms with van der Waals surface area (Å²) in [5, 5.41) is 0. The fourth-order valence-electron chi connectivity index (χ4n) is 2.40. The van der Waals surface area contributed by atoms with E-state index in [9.17, 15) is 8.42 Å². The van der Waals surface area contributed by atoms with Crippen LogP contribution in [0.25, 0.3) is 0 Å². The molecule has 120 valence electrons. The first-order valence-electron chi connectivity index (χ1n) is 7.37. The lowest BCUT2D eigenvalue weighted by Gasteiger charge is -2.28. The lowest BCUT2D eigenvalue weighted by atomic mass is 10.1. The van der Waals surface area contributed by atoms with Crippen molar-refractivity contribution in [3.63, 3.8) is 0 Å². The zero-order chi connectivity index (χ0) is 16.9. The fraction of sp³-hybridized carbons (Fsp3) is 0.158. The monoisotopic (exact) mass is 327 g/mol. The largest absolute Gasteiger partial charge is 0.244 e. The van der Waals surface area contributed by atoms with Gasteiger partial charge in [-0.15, -0.1) is 13.2 Å². The van der Waals surface area contributed by atoms with Crippen LogP contribution in [0.3, 0.4) is 0 Å². The van der Waals surface area contributed by atoms with Crippen LogP contribution in [-0.4, -0.2) is 19.3 Å². The van der Waals surface area contributed by atoms with Crippen molar-refractivity contribution in [2.24, 2.45) is 0 Å². The molecule has 0 heterocycles. The number of hydrogen-bond acceptors (Lipinski definition) is 2. The first-order valence-corrected chi connectivity index (χ1v) is 8.81. The van der Waals surface area contributed by atoms with E-state index in [4.69, 9.17) is 0 Å². The van der Waals surface area contributed by atoms with Crippen molar-refractivity contribution in [2.45, 2.75) is 17.9 Å². The SMILES string of the molecule is C=CCN(C(C=C)c1ccccc1)S(=O)(=O)c1ccc(C)cc1. The second kappa shape index (κ2) is 7.40. The highest BCUT2D eigenvalue weighted by molar-refractivity contribution is 7.89. The molecule has 0 aliphatic heterocycles. The van der Waals surface area contributed by atoms with Crippen molar-refractivity contribution in [1.82, 2.24) is 4.31 Å². The zero-order valence-electron chi connectivity index (χ0n) is 13.2. The molecule has 3 nitrogen and oxygen atoms in total. The minimum Gasteiger partial charge on any atom is -0.207 e. The first kappa shape index (κ1) is 17.2. The van der Waals surface area contributed by atoms with Crippen molar-refractivity contribution in [2.75, 3.05) is 6.54 Å². The molecule has 2 aromatic carbocycles. The van der Waals surface area contributed by atoms with Crippen LogP contribution in [0.4, 0.5) is 0 Å². The van der Waals surface area contributed by atoms with E-state index in [-0.39, 0.29) is 11.4 Å². The molecule has 0 radical (unpaired) electrons. The maximum Gasteiger partial charge on any atom is 0.244 e. The van der Waals surface area contributed by atoms with Gasteiger partial charge in [-0.25, -0.2) is 8.42 Å². The Morgan fingerprint density at radius 3 is 2.17 bits per heavy atom. The number of sulfonamides is 1. The fourth-order valence-corrected chi connectivity index (χ4v) is 3.96. The zero-order valence-corrected chi connectivity index (χ0v) is 14.0. The molecule has 0 aliphatic rings. The van der Waals surface area contributed by atoms with Crippen LogP contribution < -0.4 is 0 Å². The van der Waals surface area contributed by atoms with Gasteiger partial charge in [0.2, 0.25) is 10.0 Å². The standard InChI is InChI=1S/C19H21NO2S/c1-4-15-20(19(5-2)17-9-7-6-8-10-17)23(21,22)18-13-11-16(3)12-14-18/h4-14,19H,1-2,15H2,3H3. The van der Waals surface area contributed by atoms with E-state index in [1.807, 2.05) is 37.3 Å². The third-order valence-corrected chi connectivity index (χ3v) is 5.47. The van der Waals surface area contributed by atoms with E-state index in [0.717, 1.165) is 11.1 Å². The van der Waals surface area contributed by atoms with Crippen molar-refractivity contribution in [3.8, 4) is 0 Å². The van der Waals surface area contributed by atoms with Gasteiger partial charge in [-0.2, -0.15) is 4.31 Å². The molecule has 4 heteroatoms. The molecule has 0 bridgehead atoms. The highest BCUT2D eigenvalue weighted by atomic mass is 32.2. The topological polar surface area (TPSA) is 37.4 Å². The highest BCUT2D eigenvalue weighted by Gasteiger charge is 2.29. The number of aryl methyl sites for hydroxylation is 1. The molecular weight excluding hydrogens is 306 g/mol. The van der Waals surface area contributed by atoms with Crippen molar-refractivity contribution >= 4 is 10.0 Å². The molecule has 0 fully saturated rings. The molecule has 0 aromatic heterocycles. The first-order chi connectivity index (χ1) is 11.0. The molecule has 2 aromatic rings. The summed E-state index contributed by atoms with van der Waals surface area (Å²) in [7, 11) is -3.65. The average Bonchev–Trinajstić information content (AvgIpc) is 2.56. The van der Waals surface area contributed by atoms with Gasteiger partial charge in [0, 0.05) is 6.54 Å².